The van der Waals surface area contributed by atoms with E-state index in [4.69, 9.17) is 5.73 Å². The van der Waals surface area contributed by atoms with Gasteiger partial charge in [0.1, 0.15) is 0 Å². The number of nitrogens with two attached hydrogens (primary N) is 1. The summed E-state index contributed by atoms with van der Waals surface area (Å²) >= 11 is 0. The number of hydrogen-bond donors (Lipinski definition) is 1. The maximum absolute atomic E-state index is 13.3. The van der Waals surface area contributed by atoms with Crippen LogP contribution in [0, 0.1) is 24.4 Å². The standard InChI is InChI=1S/C14H10F3N3/c1-7-2-3-12-11(4-7)19-14(18)20(12)8-5-9(15)13(17)10(16)6-8/h2-6H,1H3,(H2,18,19). The molecule has 6 heteroatoms. The molecule has 20 heavy (non-hydrogen) atoms. The molecule has 3 aromatic rings. The molecular formula is C14H10F3N3. The van der Waals surface area contributed by atoms with Crippen molar-refractivity contribution in [3.63, 3.8) is 0 Å². The van der Waals surface area contributed by atoms with Crippen molar-refractivity contribution in [1.29, 1.82) is 0 Å². The number of anilines is 1. The SMILES string of the molecule is Cc1ccc2c(c1)nc(N)n2-c1cc(F)c(F)c(F)c1. The van der Waals surface area contributed by atoms with Gasteiger partial charge in [0.25, 0.3) is 0 Å². The molecule has 0 saturated carbocycles. The molecule has 0 fully saturated rings. The van der Waals surface area contributed by atoms with Gasteiger partial charge in [-0.3, -0.25) is 4.57 Å². The van der Waals surface area contributed by atoms with Crippen LogP contribution in [0.5, 0.6) is 0 Å². The zero-order valence-electron chi connectivity index (χ0n) is 10.5. The van der Waals surface area contributed by atoms with Crippen molar-refractivity contribution in [2.24, 2.45) is 0 Å². The lowest BCUT2D eigenvalue weighted by molar-refractivity contribution is 0.446. The van der Waals surface area contributed by atoms with Crippen molar-refractivity contribution in [3.8, 4) is 5.69 Å². The Kier molecular flexibility index (Phi) is 2.67. The average Bonchev–Trinajstić information content (AvgIpc) is 2.70. The molecule has 2 N–H and O–H groups in total. The smallest absolute Gasteiger partial charge is 0.205 e. The third kappa shape index (κ3) is 1.80. The Morgan fingerprint density at radius 3 is 2.35 bits per heavy atom. The van der Waals surface area contributed by atoms with E-state index in [-0.39, 0.29) is 11.6 Å². The van der Waals surface area contributed by atoms with E-state index in [1.165, 1.54) is 4.57 Å². The van der Waals surface area contributed by atoms with Gasteiger partial charge < -0.3 is 5.73 Å². The van der Waals surface area contributed by atoms with Crippen LogP contribution in [0.25, 0.3) is 16.7 Å². The summed E-state index contributed by atoms with van der Waals surface area (Å²) in [5.74, 6) is -3.97. The first-order chi connectivity index (χ1) is 9.47. The third-order valence-corrected chi connectivity index (χ3v) is 3.06. The lowest BCUT2D eigenvalue weighted by atomic mass is 10.2. The van der Waals surface area contributed by atoms with Crippen molar-refractivity contribution in [3.05, 3.63) is 53.3 Å². The highest BCUT2D eigenvalue weighted by molar-refractivity contribution is 5.81. The van der Waals surface area contributed by atoms with Gasteiger partial charge >= 0.3 is 0 Å². The molecule has 0 amide bonds. The maximum atomic E-state index is 13.3. The molecule has 2 aromatic carbocycles. The minimum absolute atomic E-state index is 0.0796. The fourth-order valence-corrected chi connectivity index (χ4v) is 2.15. The van der Waals surface area contributed by atoms with Gasteiger partial charge in [0.2, 0.25) is 5.95 Å². The molecule has 0 bridgehead atoms. The summed E-state index contributed by atoms with van der Waals surface area (Å²) < 4.78 is 41.1. The molecule has 0 spiro atoms. The highest BCUT2D eigenvalue weighted by atomic mass is 19.2. The average molecular weight is 277 g/mol. The molecule has 0 unspecified atom stereocenters. The number of imidazole rings is 1. The molecule has 0 aliphatic rings. The van der Waals surface area contributed by atoms with Crippen molar-refractivity contribution < 1.29 is 13.2 Å². The Bertz CT molecular complexity index is 801. The second-order valence-electron chi connectivity index (χ2n) is 4.52. The molecule has 1 heterocycles. The number of benzene rings is 2. The van der Waals surface area contributed by atoms with Crippen LogP contribution >= 0.6 is 0 Å². The summed E-state index contributed by atoms with van der Waals surface area (Å²) in [4.78, 5) is 4.13. The van der Waals surface area contributed by atoms with Gasteiger partial charge in [0.15, 0.2) is 17.5 Å². The zero-order chi connectivity index (χ0) is 14.4. The molecule has 0 aliphatic heterocycles. The summed E-state index contributed by atoms with van der Waals surface area (Å²) in [6, 6.07) is 7.15. The Labute approximate surface area is 112 Å². The number of nitrogens with zero attached hydrogens (tertiary/aromatic N) is 2. The monoisotopic (exact) mass is 277 g/mol. The van der Waals surface area contributed by atoms with Gasteiger partial charge in [-0.1, -0.05) is 6.07 Å². The molecule has 0 aliphatic carbocycles. The second kappa shape index (κ2) is 4.26. The van der Waals surface area contributed by atoms with Crippen LogP contribution in [0.1, 0.15) is 5.56 Å². The molecule has 0 radical (unpaired) electrons. The summed E-state index contributed by atoms with van der Waals surface area (Å²) in [6.07, 6.45) is 0. The van der Waals surface area contributed by atoms with Crippen molar-refractivity contribution in [2.45, 2.75) is 6.92 Å². The van der Waals surface area contributed by atoms with Crippen molar-refractivity contribution in [2.75, 3.05) is 5.73 Å². The number of fused-ring (bicyclic) bond motifs is 1. The molecule has 102 valence electrons. The predicted molar refractivity (Wildman–Crippen MR) is 70.1 cm³/mol. The van der Waals surface area contributed by atoms with Crippen LogP contribution in [0.15, 0.2) is 30.3 Å². The van der Waals surface area contributed by atoms with Crippen molar-refractivity contribution in [1.82, 2.24) is 9.55 Å². The first kappa shape index (κ1) is 12.5. The highest BCUT2D eigenvalue weighted by Crippen LogP contribution is 2.25. The van der Waals surface area contributed by atoms with E-state index < -0.39 is 17.5 Å². The molecule has 3 rings (SSSR count). The fraction of sp³-hybridized carbons (Fsp3) is 0.0714. The molecule has 0 saturated heterocycles. The van der Waals surface area contributed by atoms with E-state index in [0.717, 1.165) is 17.7 Å². The number of hydrogen-bond acceptors (Lipinski definition) is 2. The van der Waals surface area contributed by atoms with E-state index in [2.05, 4.69) is 4.98 Å². The van der Waals surface area contributed by atoms with E-state index in [9.17, 15) is 13.2 Å². The van der Waals surface area contributed by atoms with Crippen LogP contribution < -0.4 is 5.73 Å². The van der Waals surface area contributed by atoms with Gasteiger partial charge in [-0.2, -0.15) is 0 Å². The minimum Gasteiger partial charge on any atom is -0.369 e. The van der Waals surface area contributed by atoms with Crippen LogP contribution in [0.3, 0.4) is 0 Å². The van der Waals surface area contributed by atoms with Gasteiger partial charge in [0.05, 0.1) is 16.7 Å². The van der Waals surface area contributed by atoms with Crippen LogP contribution in [0.4, 0.5) is 19.1 Å². The first-order valence-electron chi connectivity index (χ1n) is 5.87. The Hall–Kier alpha value is -2.50. The Morgan fingerprint density at radius 2 is 1.70 bits per heavy atom. The molecule has 0 atom stereocenters. The van der Waals surface area contributed by atoms with E-state index >= 15 is 0 Å². The highest BCUT2D eigenvalue weighted by Gasteiger charge is 2.15. The van der Waals surface area contributed by atoms with Crippen LogP contribution in [-0.2, 0) is 0 Å². The lowest BCUT2D eigenvalue weighted by Gasteiger charge is -2.07. The van der Waals surface area contributed by atoms with Crippen LogP contribution in [-0.4, -0.2) is 9.55 Å². The van der Waals surface area contributed by atoms with Gasteiger partial charge in [-0.15, -0.1) is 0 Å². The number of rotatable bonds is 1. The Balaban J connectivity index is 2.32. The first-order valence-corrected chi connectivity index (χ1v) is 5.87. The molecular weight excluding hydrogens is 267 g/mol. The zero-order valence-corrected chi connectivity index (χ0v) is 10.5. The Morgan fingerprint density at radius 1 is 1.05 bits per heavy atom. The minimum atomic E-state index is -1.51. The lowest BCUT2D eigenvalue weighted by Crippen LogP contribution is -2.03. The summed E-state index contributed by atoms with van der Waals surface area (Å²) in [7, 11) is 0. The van der Waals surface area contributed by atoms with Gasteiger partial charge in [-0.05, 0) is 24.6 Å². The van der Waals surface area contributed by atoms with Gasteiger partial charge in [0, 0.05) is 12.1 Å². The summed E-state index contributed by atoms with van der Waals surface area (Å²) in [6.45, 7) is 1.89. The third-order valence-electron chi connectivity index (χ3n) is 3.06. The van der Waals surface area contributed by atoms with E-state index in [1.54, 1.807) is 12.1 Å². The maximum Gasteiger partial charge on any atom is 0.205 e. The number of aromatic nitrogens is 2. The van der Waals surface area contributed by atoms with E-state index in [1.807, 2.05) is 13.0 Å². The quantitative estimate of drug-likeness (QED) is 0.693. The molecule has 3 nitrogen and oxygen atoms in total. The van der Waals surface area contributed by atoms with E-state index in [0.29, 0.717) is 11.0 Å². The van der Waals surface area contributed by atoms with Crippen molar-refractivity contribution >= 4 is 17.0 Å². The predicted octanol–water partition coefficient (Wildman–Crippen LogP) is 3.33. The molecule has 1 aromatic heterocycles. The van der Waals surface area contributed by atoms with Crippen LogP contribution in [0.2, 0.25) is 0 Å². The fourth-order valence-electron chi connectivity index (χ4n) is 2.15. The topological polar surface area (TPSA) is 43.8 Å². The second-order valence-corrected chi connectivity index (χ2v) is 4.52. The number of halogens is 3. The number of nitrogen functional groups attached to an aromatic ring is 1. The summed E-state index contributed by atoms with van der Waals surface area (Å²) in [5, 5.41) is 0. The van der Waals surface area contributed by atoms with Gasteiger partial charge in [-0.25, -0.2) is 18.2 Å². The normalized spacial score (nSPS) is 11.2. The number of aryl methyl sites for hydroxylation is 1. The summed E-state index contributed by atoms with van der Waals surface area (Å²) in [5.41, 5.74) is 8.06. The largest absolute Gasteiger partial charge is 0.369 e.